The summed E-state index contributed by atoms with van der Waals surface area (Å²) in [6, 6.07) is 7.06. The molecule has 0 unspecified atom stereocenters. The van der Waals surface area contributed by atoms with E-state index in [4.69, 9.17) is 16.0 Å². The Morgan fingerprint density at radius 3 is 2.91 bits per heavy atom. The second kappa shape index (κ2) is 5.77. The number of aromatic nitrogens is 2. The fraction of sp³-hybridized carbons (Fsp3) is 0.188. The number of oxazole rings is 1. The Morgan fingerprint density at radius 2 is 2.18 bits per heavy atom. The van der Waals surface area contributed by atoms with E-state index in [0.29, 0.717) is 22.0 Å². The first-order chi connectivity index (χ1) is 10.5. The molecule has 5 nitrogen and oxygen atoms in total. The number of pyridine rings is 1. The third-order valence-corrected chi connectivity index (χ3v) is 3.61. The van der Waals surface area contributed by atoms with Crippen LogP contribution in [0.3, 0.4) is 0 Å². The molecule has 0 bridgehead atoms. The molecule has 0 saturated carbocycles. The van der Waals surface area contributed by atoms with Crippen LogP contribution in [0, 0.1) is 13.8 Å². The highest BCUT2D eigenvalue weighted by Crippen LogP contribution is 2.22. The molecule has 1 amide bonds. The standard InChI is InChI=1S/C16H14ClN3O2/c1-9-10(2)22-14(20-9)8-19-16(21)13-7-12(17)6-11-4-3-5-18-15(11)13/h3-7H,8H2,1-2H3,(H,19,21). The number of benzene rings is 1. The zero-order valence-electron chi connectivity index (χ0n) is 12.2. The minimum Gasteiger partial charge on any atom is -0.444 e. The number of rotatable bonds is 3. The molecule has 112 valence electrons. The van der Waals surface area contributed by atoms with Crippen LogP contribution in [0.2, 0.25) is 5.02 Å². The van der Waals surface area contributed by atoms with Crippen LogP contribution in [0.15, 0.2) is 34.9 Å². The lowest BCUT2D eigenvalue weighted by Crippen LogP contribution is -2.23. The quantitative estimate of drug-likeness (QED) is 0.804. The highest BCUT2D eigenvalue weighted by Gasteiger charge is 2.14. The van der Waals surface area contributed by atoms with Crippen LogP contribution < -0.4 is 5.32 Å². The Kier molecular flexibility index (Phi) is 3.81. The van der Waals surface area contributed by atoms with Gasteiger partial charge in [-0.1, -0.05) is 17.7 Å². The van der Waals surface area contributed by atoms with Gasteiger partial charge >= 0.3 is 0 Å². The molecule has 0 aliphatic heterocycles. The van der Waals surface area contributed by atoms with Crippen LogP contribution in [0.4, 0.5) is 0 Å². The molecular weight excluding hydrogens is 302 g/mol. The number of halogens is 1. The third-order valence-electron chi connectivity index (χ3n) is 3.39. The first-order valence-electron chi connectivity index (χ1n) is 6.80. The Bertz CT molecular complexity index is 838. The van der Waals surface area contributed by atoms with Crippen molar-refractivity contribution in [3.8, 4) is 0 Å². The minimum absolute atomic E-state index is 0.217. The summed E-state index contributed by atoms with van der Waals surface area (Å²) in [6.07, 6.45) is 1.65. The Hall–Kier alpha value is -2.40. The van der Waals surface area contributed by atoms with E-state index in [2.05, 4.69) is 15.3 Å². The topological polar surface area (TPSA) is 68.0 Å². The van der Waals surface area contributed by atoms with E-state index >= 15 is 0 Å². The largest absolute Gasteiger partial charge is 0.444 e. The van der Waals surface area contributed by atoms with E-state index in [-0.39, 0.29) is 12.5 Å². The molecule has 6 heteroatoms. The Morgan fingerprint density at radius 1 is 1.36 bits per heavy atom. The summed E-state index contributed by atoms with van der Waals surface area (Å²) in [7, 11) is 0. The van der Waals surface area contributed by atoms with Crippen molar-refractivity contribution in [2.45, 2.75) is 20.4 Å². The van der Waals surface area contributed by atoms with Gasteiger partial charge < -0.3 is 9.73 Å². The van der Waals surface area contributed by atoms with Crippen LogP contribution in [-0.2, 0) is 6.54 Å². The number of carbonyl (C=O) groups is 1. The molecule has 0 saturated heterocycles. The highest BCUT2D eigenvalue weighted by molar-refractivity contribution is 6.32. The molecule has 0 radical (unpaired) electrons. The number of aryl methyl sites for hydroxylation is 2. The van der Waals surface area contributed by atoms with Gasteiger partial charge in [0.1, 0.15) is 5.76 Å². The first kappa shape index (κ1) is 14.5. The van der Waals surface area contributed by atoms with Gasteiger partial charge in [0.15, 0.2) is 0 Å². The lowest BCUT2D eigenvalue weighted by atomic mass is 10.1. The number of hydrogen-bond acceptors (Lipinski definition) is 4. The number of amides is 1. The van der Waals surface area contributed by atoms with Gasteiger partial charge in [-0.05, 0) is 32.0 Å². The molecule has 1 aromatic carbocycles. The van der Waals surface area contributed by atoms with Crippen molar-refractivity contribution in [2.24, 2.45) is 0 Å². The van der Waals surface area contributed by atoms with E-state index in [1.807, 2.05) is 19.9 Å². The van der Waals surface area contributed by atoms with Crippen molar-refractivity contribution in [2.75, 3.05) is 0 Å². The molecule has 2 heterocycles. The number of carbonyl (C=O) groups excluding carboxylic acids is 1. The molecule has 3 aromatic rings. The number of nitrogens with one attached hydrogen (secondary N) is 1. The van der Waals surface area contributed by atoms with Gasteiger partial charge in [-0.15, -0.1) is 0 Å². The third kappa shape index (κ3) is 2.80. The second-order valence-electron chi connectivity index (χ2n) is 4.96. The van der Waals surface area contributed by atoms with Gasteiger partial charge in [0.05, 0.1) is 23.3 Å². The lowest BCUT2D eigenvalue weighted by molar-refractivity contribution is 0.0948. The summed E-state index contributed by atoms with van der Waals surface area (Å²) in [6.45, 7) is 3.91. The van der Waals surface area contributed by atoms with Crippen molar-refractivity contribution in [1.82, 2.24) is 15.3 Å². The predicted octanol–water partition coefficient (Wildman–Crippen LogP) is 3.42. The number of fused-ring (bicyclic) bond motifs is 1. The fourth-order valence-corrected chi connectivity index (χ4v) is 2.42. The van der Waals surface area contributed by atoms with Crippen LogP contribution >= 0.6 is 11.6 Å². The molecule has 3 rings (SSSR count). The van der Waals surface area contributed by atoms with Crippen LogP contribution in [0.25, 0.3) is 10.9 Å². The van der Waals surface area contributed by atoms with Gasteiger partial charge in [-0.3, -0.25) is 9.78 Å². The zero-order chi connectivity index (χ0) is 15.7. The highest BCUT2D eigenvalue weighted by atomic mass is 35.5. The maximum atomic E-state index is 12.4. The van der Waals surface area contributed by atoms with Gasteiger partial charge in [-0.2, -0.15) is 0 Å². The maximum Gasteiger partial charge on any atom is 0.253 e. The van der Waals surface area contributed by atoms with Crippen LogP contribution in [0.5, 0.6) is 0 Å². The minimum atomic E-state index is -0.264. The fourth-order valence-electron chi connectivity index (χ4n) is 2.19. The summed E-state index contributed by atoms with van der Waals surface area (Å²) < 4.78 is 5.44. The Labute approximate surface area is 132 Å². The van der Waals surface area contributed by atoms with Gasteiger partial charge in [0.25, 0.3) is 5.91 Å². The summed E-state index contributed by atoms with van der Waals surface area (Å²) in [5.74, 6) is 0.960. The van der Waals surface area contributed by atoms with E-state index in [9.17, 15) is 4.79 Å². The number of hydrogen-bond donors (Lipinski definition) is 1. The smallest absolute Gasteiger partial charge is 0.253 e. The summed E-state index contributed by atoms with van der Waals surface area (Å²) in [5.41, 5.74) is 1.87. The number of nitrogens with zero attached hydrogens (tertiary/aromatic N) is 2. The average Bonchev–Trinajstić information content (AvgIpc) is 2.82. The lowest BCUT2D eigenvalue weighted by Gasteiger charge is -2.07. The molecule has 2 aromatic heterocycles. The summed E-state index contributed by atoms with van der Waals surface area (Å²) in [4.78, 5) is 20.9. The molecular formula is C16H14ClN3O2. The maximum absolute atomic E-state index is 12.4. The van der Waals surface area contributed by atoms with E-state index < -0.39 is 0 Å². The molecule has 0 atom stereocenters. The van der Waals surface area contributed by atoms with Crippen molar-refractivity contribution in [1.29, 1.82) is 0 Å². The molecule has 1 N–H and O–H groups in total. The summed E-state index contributed by atoms with van der Waals surface area (Å²) in [5, 5.41) is 4.10. The van der Waals surface area contributed by atoms with Crippen LogP contribution in [0.1, 0.15) is 27.7 Å². The normalized spacial score (nSPS) is 10.9. The van der Waals surface area contributed by atoms with Crippen LogP contribution in [-0.4, -0.2) is 15.9 Å². The SMILES string of the molecule is Cc1nc(CNC(=O)c2cc(Cl)cc3cccnc23)oc1C. The van der Waals surface area contributed by atoms with E-state index in [1.165, 1.54) is 0 Å². The second-order valence-corrected chi connectivity index (χ2v) is 5.40. The van der Waals surface area contributed by atoms with Gasteiger partial charge in [0, 0.05) is 16.6 Å². The van der Waals surface area contributed by atoms with Crippen molar-refractivity contribution < 1.29 is 9.21 Å². The zero-order valence-corrected chi connectivity index (χ0v) is 12.9. The van der Waals surface area contributed by atoms with E-state index in [1.54, 1.807) is 24.4 Å². The van der Waals surface area contributed by atoms with Gasteiger partial charge in [-0.25, -0.2) is 4.98 Å². The van der Waals surface area contributed by atoms with E-state index in [0.717, 1.165) is 16.8 Å². The van der Waals surface area contributed by atoms with Crippen molar-refractivity contribution in [3.05, 3.63) is 58.4 Å². The monoisotopic (exact) mass is 315 g/mol. The molecule has 0 spiro atoms. The molecule has 0 fully saturated rings. The average molecular weight is 316 g/mol. The molecule has 22 heavy (non-hydrogen) atoms. The Balaban J connectivity index is 1.86. The molecule has 0 aliphatic rings. The summed E-state index contributed by atoms with van der Waals surface area (Å²) >= 11 is 6.07. The van der Waals surface area contributed by atoms with Crippen molar-refractivity contribution in [3.63, 3.8) is 0 Å². The molecule has 0 aliphatic carbocycles. The first-order valence-corrected chi connectivity index (χ1v) is 7.18. The predicted molar refractivity (Wildman–Crippen MR) is 83.9 cm³/mol. The van der Waals surface area contributed by atoms with Crippen molar-refractivity contribution >= 4 is 28.4 Å². The van der Waals surface area contributed by atoms with Gasteiger partial charge in [0.2, 0.25) is 5.89 Å².